The molecule has 0 spiro atoms. The summed E-state index contributed by atoms with van der Waals surface area (Å²) in [5.74, 6) is -0.0330. The smallest absolute Gasteiger partial charge is 0.272 e. The quantitative estimate of drug-likeness (QED) is 0.432. The average Bonchev–Trinajstić information content (AvgIpc) is 2.98. The van der Waals surface area contributed by atoms with Crippen LogP contribution >= 0.6 is 0 Å². The Kier molecular flexibility index (Phi) is 7.84. The first-order valence-corrected chi connectivity index (χ1v) is 13.4. The third kappa shape index (κ3) is 5.63. The number of hydrogen-bond donors (Lipinski definition) is 1. The Morgan fingerprint density at radius 1 is 0.974 bits per heavy atom. The fraction of sp³-hybridized carbons (Fsp3) is 0.323. The van der Waals surface area contributed by atoms with E-state index >= 15 is 0 Å². The summed E-state index contributed by atoms with van der Waals surface area (Å²) in [6, 6.07) is 24.2. The van der Waals surface area contributed by atoms with Gasteiger partial charge in [-0.2, -0.15) is 0 Å². The van der Waals surface area contributed by atoms with Crippen LogP contribution in [0.2, 0.25) is 0 Å². The van der Waals surface area contributed by atoms with Crippen molar-refractivity contribution in [2.24, 2.45) is 0 Å². The van der Waals surface area contributed by atoms with E-state index < -0.39 is 0 Å². The maximum absolute atomic E-state index is 14.0. The number of hydrogen-bond acceptors (Lipinski definition) is 5. The van der Waals surface area contributed by atoms with Gasteiger partial charge in [-0.1, -0.05) is 48.5 Å². The van der Waals surface area contributed by atoms with Gasteiger partial charge in [-0.3, -0.25) is 14.5 Å². The zero-order valence-electron chi connectivity index (χ0n) is 22.2. The topological polar surface area (TPSA) is 70.5 Å². The first-order valence-electron chi connectivity index (χ1n) is 13.4. The standard InChI is InChI=1S/C31H35N5O2/c1-3-36-29-15-14-25(20-28(29)33-23(2)30(36)37)31(38)35-19-18-34(21-24-10-5-4-6-11-24)17-9-16-32-27-13-8-7-12-26(27)22-35/h4-8,10-15,20,32H,3,9,16-19,21-22H2,1-2H3. The number of nitrogens with one attached hydrogen (secondary N) is 1. The van der Waals surface area contributed by atoms with E-state index in [-0.39, 0.29) is 11.5 Å². The molecule has 4 aromatic rings. The molecule has 1 aliphatic heterocycles. The number of carbonyl (C=O) groups excluding carboxylic acids is 1. The lowest BCUT2D eigenvalue weighted by molar-refractivity contribution is 0.0720. The van der Waals surface area contributed by atoms with Crippen molar-refractivity contribution in [2.45, 2.75) is 39.9 Å². The van der Waals surface area contributed by atoms with Crippen molar-refractivity contribution in [1.82, 2.24) is 19.4 Å². The number of aryl methyl sites for hydroxylation is 2. The third-order valence-corrected chi connectivity index (χ3v) is 7.24. The number of rotatable bonds is 4. The Hall–Kier alpha value is -3.97. The lowest BCUT2D eigenvalue weighted by Gasteiger charge is -2.28. The average molecular weight is 510 g/mol. The van der Waals surface area contributed by atoms with Gasteiger partial charge in [0.15, 0.2) is 0 Å². The molecule has 7 heteroatoms. The Morgan fingerprint density at radius 2 is 1.76 bits per heavy atom. The van der Waals surface area contributed by atoms with E-state index in [4.69, 9.17) is 0 Å². The van der Waals surface area contributed by atoms with E-state index in [1.54, 1.807) is 11.5 Å². The molecule has 1 aliphatic rings. The molecule has 0 saturated carbocycles. The highest BCUT2D eigenvalue weighted by Crippen LogP contribution is 2.21. The van der Waals surface area contributed by atoms with E-state index in [2.05, 4.69) is 51.6 Å². The summed E-state index contributed by atoms with van der Waals surface area (Å²) in [5, 5.41) is 3.59. The summed E-state index contributed by atoms with van der Waals surface area (Å²) < 4.78 is 1.71. The molecule has 0 atom stereocenters. The zero-order valence-corrected chi connectivity index (χ0v) is 22.2. The molecule has 2 heterocycles. The van der Waals surface area contributed by atoms with Crippen LogP contribution in [-0.2, 0) is 19.6 Å². The van der Waals surface area contributed by atoms with Gasteiger partial charge in [0.1, 0.15) is 5.69 Å². The lowest BCUT2D eigenvalue weighted by atomic mass is 10.1. The zero-order chi connectivity index (χ0) is 26.5. The van der Waals surface area contributed by atoms with E-state index in [0.717, 1.165) is 49.4 Å². The van der Waals surface area contributed by atoms with Crippen molar-refractivity contribution >= 4 is 22.6 Å². The first kappa shape index (κ1) is 25.7. The Bertz CT molecular complexity index is 1480. The van der Waals surface area contributed by atoms with Crippen LogP contribution in [0.15, 0.2) is 77.6 Å². The van der Waals surface area contributed by atoms with Gasteiger partial charge in [0.25, 0.3) is 11.5 Å². The van der Waals surface area contributed by atoms with Crippen molar-refractivity contribution < 1.29 is 4.79 Å². The molecule has 0 fully saturated rings. The molecule has 0 aliphatic carbocycles. The molecular formula is C31H35N5O2. The predicted octanol–water partition coefficient (Wildman–Crippen LogP) is 4.69. The van der Waals surface area contributed by atoms with Gasteiger partial charge < -0.3 is 14.8 Å². The van der Waals surface area contributed by atoms with E-state index in [1.165, 1.54) is 5.56 Å². The highest BCUT2D eigenvalue weighted by Gasteiger charge is 2.21. The van der Waals surface area contributed by atoms with Gasteiger partial charge in [-0.15, -0.1) is 0 Å². The minimum atomic E-state index is -0.0890. The van der Waals surface area contributed by atoms with Crippen LogP contribution in [0.25, 0.3) is 11.0 Å². The second-order valence-corrected chi connectivity index (χ2v) is 9.88. The number of para-hydroxylation sites is 1. The molecule has 1 aromatic heterocycles. The van der Waals surface area contributed by atoms with Crippen molar-refractivity contribution in [3.63, 3.8) is 0 Å². The summed E-state index contributed by atoms with van der Waals surface area (Å²) in [7, 11) is 0. The molecule has 7 nitrogen and oxygen atoms in total. The van der Waals surface area contributed by atoms with E-state index in [0.29, 0.717) is 36.4 Å². The molecule has 5 rings (SSSR count). The molecule has 1 N–H and O–H groups in total. The largest absolute Gasteiger partial charge is 0.385 e. The number of carbonyl (C=O) groups is 1. The minimum Gasteiger partial charge on any atom is -0.385 e. The highest BCUT2D eigenvalue weighted by atomic mass is 16.2. The van der Waals surface area contributed by atoms with Gasteiger partial charge in [0.05, 0.1) is 11.0 Å². The maximum atomic E-state index is 14.0. The third-order valence-electron chi connectivity index (χ3n) is 7.24. The normalized spacial score (nSPS) is 14.9. The molecule has 0 radical (unpaired) electrons. The second-order valence-electron chi connectivity index (χ2n) is 9.88. The Balaban J connectivity index is 1.46. The number of benzene rings is 3. The van der Waals surface area contributed by atoms with Crippen molar-refractivity contribution in [1.29, 1.82) is 0 Å². The lowest BCUT2D eigenvalue weighted by Crippen LogP contribution is -2.38. The number of amides is 1. The number of aromatic nitrogens is 2. The fourth-order valence-corrected chi connectivity index (χ4v) is 5.19. The molecule has 3 aromatic carbocycles. The first-order chi connectivity index (χ1) is 18.5. The number of nitrogens with zero attached hydrogens (tertiary/aromatic N) is 4. The molecule has 1 amide bonds. The molecule has 0 unspecified atom stereocenters. The van der Waals surface area contributed by atoms with Crippen LogP contribution in [0, 0.1) is 6.92 Å². The van der Waals surface area contributed by atoms with Gasteiger partial charge >= 0.3 is 0 Å². The van der Waals surface area contributed by atoms with Crippen molar-refractivity contribution in [3.8, 4) is 0 Å². The van der Waals surface area contributed by atoms with E-state index in [1.807, 2.05) is 48.2 Å². The van der Waals surface area contributed by atoms with Crippen LogP contribution < -0.4 is 10.9 Å². The second kappa shape index (κ2) is 11.6. The molecule has 38 heavy (non-hydrogen) atoms. The SMILES string of the molecule is CCn1c(=O)c(C)nc2cc(C(=O)N3CCN(Cc4ccccc4)CCCNc4ccccc4C3)ccc21. The van der Waals surface area contributed by atoms with E-state index in [9.17, 15) is 9.59 Å². The van der Waals surface area contributed by atoms with Gasteiger partial charge in [0, 0.05) is 57.1 Å². The van der Waals surface area contributed by atoms with Crippen LogP contribution in [0.5, 0.6) is 0 Å². The molecular weight excluding hydrogens is 474 g/mol. The summed E-state index contributed by atoms with van der Waals surface area (Å²) in [5.41, 5.74) is 5.80. The van der Waals surface area contributed by atoms with Gasteiger partial charge in [-0.25, -0.2) is 4.98 Å². The summed E-state index contributed by atoms with van der Waals surface area (Å²) in [6.07, 6.45) is 1.02. The van der Waals surface area contributed by atoms with Gasteiger partial charge in [-0.05, 0) is 55.7 Å². The van der Waals surface area contributed by atoms with Crippen LogP contribution in [-0.4, -0.2) is 51.4 Å². The van der Waals surface area contributed by atoms with Gasteiger partial charge in [0.2, 0.25) is 0 Å². The Labute approximate surface area is 223 Å². The number of anilines is 1. The molecule has 0 bridgehead atoms. The summed E-state index contributed by atoms with van der Waals surface area (Å²) in [6.45, 7) is 8.80. The number of fused-ring (bicyclic) bond motifs is 2. The molecule has 0 saturated heterocycles. The van der Waals surface area contributed by atoms with Crippen molar-refractivity contribution in [3.05, 3.63) is 106 Å². The monoisotopic (exact) mass is 509 g/mol. The predicted molar refractivity (Wildman–Crippen MR) is 152 cm³/mol. The highest BCUT2D eigenvalue weighted by molar-refractivity contribution is 5.97. The Morgan fingerprint density at radius 3 is 2.58 bits per heavy atom. The summed E-state index contributed by atoms with van der Waals surface area (Å²) in [4.78, 5) is 35.4. The minimum absolute atomic E-state index is 0.0330. The molecule has 196 valence electrons. The maximum Gasteiger partial charge on any atom is 0.272 e. The van der Waals surface area contributed by atoms with Crippen LogP contribution in [0.3, 0.4) is 0 Å². The summed E-state index contributed by atoms with van der Waals surface area (Å²) >= 11 is 0. The van der Waals surface area contributed by atoms with Crippen molar-refractivity contribution in [2.75, 3.05) is 31.5 Å². The van der Waals surface area contributed by atoms with Crippen LogP contribution in [0.4, 0.5) is 5.69 Å². The fourth-order valence-electron chi connectivity index (χ4n) is 5.19. The van der Waals surface area contributed by atoms with Crippen LogP contribution in [0.1, 0.15) is 40.5 Å².